The van der Waals surface area contributed by atoms with E-state index in [9.17, 15) is 4.79 Å². The third-order valence-electron chi connectivity index (χ3n) is 4.68. The van der Waals surface area contributed by atoms with Gasteiger partial charge in [0.25, 0.3) is 5.56 Å². The van der Waals surface area contributed by atoms with Gasteiger partial charge in [-0.3, -0.25) is 9.79 Å². The van der Waals surface area contributed by atoms with Crippen molar-refractivity contribution in [2.45, 2.75) is 20.0 Å². The van der Waals surface area contributed by atoms with Gasteiger partial charge < -0.3 is 24.7 Å². The van der Waals surface area contributed by atoms with Crippen LogP contribution in [0, 0.1) is 0 Å². The molecule has 162 valence electrons. The topological polar surface area (TPSA) is 76.9 Å². The number of pyridine rings is 1. The van der Waals surface area contributed by atoms with E-state index < -0.39 is 0 Å². The van der Waals surface area contributed by atoms with Gasteiger partial charge in [0.2, 0.25) is 0 Å². The molecule has 3 aromatic rings. The smallest absolute Gasteiger partial charge is 0.250 e. The van der Waals surface area contributed by atoms with Crippen LogP contribution < -0.4 is 25.7 Å². The maximum absolute atomic E-state index is 11.9. The van der Waals surface area contributed by atoms with Crippen LogP contribution in [0.2, 0.25) is 0 Å². The molecular formula is C24H28N4O3. The molecule has 0 spiro atoms. The van der Waals surface area contributed by atoms with E-state index in [1.165, 1.54) is 0 Å². The number of benzene rings is 2. The summed E-state index contributed by atoms with van der Waals surface area (Å²) in [6.07, 6.45) is 1.80. The normalized spacial score (nSPS) is 11.1. The first-order valence-electron chi connectivity index (χ1n) is 10.1. The molecule has 0 saturated heterocycles. The number of anilines is 1. The van der Waals surface area contributed by atoms with E-state index in [1.54, 1.807) is 37.1 Å². The SMILES string of the molecule is CCOc1ccc(NC(=NC)NCc2ccc(Cn3ccccc3=O)cc2)cc1OC. The molecule has 7 nitrogen and oxygen atoms in total. The average Bonchev–Trinajstić information content (AvgIpc) is 2.80. The number of rotatable bonds is 8. The predicted molar refractivity (Wildman–Crippen MR) is 124 cm³/mol. The van der Waals surface area contributed by atoms with E-state index in [-0.39, 0.29) is 5.56 Å². The molecule has 0 aliphatic carbocycles. The van der Waals surface area contributed by atoms with Crippen LogP contribution in [0.15, 0.2) is 76.6 Å². The summed E-state index contributed by atoms with van der Waals surface area (Å²) in [5, 5.41) is 6.56. The van der Waals surface area contributed by atoms with E-state index in [1.807, 2.05) is 55.5 Å². The van der Waals surface area contributed by atoms with Crippen LogP contribution in [-0.2, 0) is 13.1 Å². The van der Waals surface area contributed by atoms with Crippen molar-refractivity contribution in [3.8, 4) is 11.5 Å². The summed E-state index contributed by atoms with van der Waals surface area (Å²) in [5.74, 6) is 2.01. The molecule has 1 aromatic heterocycles. The Balaban J connectivity index is 1.58. The lowest BCUT2D eigenvalue weighted by Crippen LogP contribution is -2.30. The van der Waals surface area contributed by atoms with Crippen molar-refractivity contribution in [1.82, 2.24) is 9.88 Å². The van der Waals surface area contributed by atoms with Crippen molar-refractivity contribution in [2.75, 3.05) is 26.1 Å². The molecular weight excluding hydrogens is 392 g/mol. The van der Waals surface area contributed by atoms with Gasteiger partial charge in [-0.05, 0) is 36.2 Å². The summed E-state index contributed by atoms with van der Waals surface area (Å²) in [6.45, 7) is 3.67. The van der Waals surface area contributed by atoms with Crippen LogP contribution in [0.25, 0.3) is 0 Å². The van der Waals surface area contributed by atoms with E-state index in [2.05, 4.69) is 15.6 Å². The van der Waals surface area contributed by atoms with Gasteiger partial charge >= 0.3 is 0 Å². The molecule has 0 unspecified atom stereocenters. The molecule has 0 saturated carbocycles. The van der Waals surface area contributed by atoms with Gasteiger partial charge in [-0.15, -0.1) is 0 Å². The number of nitrogens with one attached hydrogen (secondary N) is 2. The molecule has 0 aliphatic rings. The number of nitrogens with zero attached hydrogens (tertiary/aromatic N) is 2. The second-order valence-electron chi connectivity index (χ2n) is 6.83. The minimum Gasteiger partial charge on any atom is -0.493 e. The summed E-state index contributed by atoms with van der Waals surface area (Å²) < 4.78 is 12.6. The van der Waals surface area contributed by atoms with Crippen molar-refractivity contribution in [3.63, 3.8) is 0 Å². The Hall–Kier alpha value is -3.74. The zero-order valence-electron chi connectivity index (χ0n) is 18.1. The predicted octanol–water partition coefficient (Wildman–Crippen LogP) is 3.49. The fraction of sp³-hybridized carbons (Fsp3) is 0.250. The van der Waals surface area contributed by atoms with Crippen molar-refractivity contribution in [1.29, 1.82) is 0 Å². The maximum Gasteiger partial charge on any atom is 0.250 e. The first kappa shape index (κ1) is 22.0. The summed E-state index contributed by atoms with van der Waals surface area (Å²) in [7, 11) is 3.34. The third-order valence-corrected chi connectivity index (χ3v) is 4.68. The van der Waals surface area contributed by atoms with Crippen molar-refractivity contribution < 1.29 is 9.47 Å². The van der Waals surface area contributed by atoms with E-state index >= 15 is 0 Å². The molecule has 0 radical (unpaired) electrons. The number of aromatic nitrogens is 1. The van der Waals surface area contributed by atoms with Gasteiger partial charge in [0.15, 0.2) is 17.5 Å². The van der Waals surface area contributed by atoms with Crippen LogP contribution in [-0.4, -0.2) is 31.3 Å². The highest BCUT2D eigenvalue weighted by molar-refractivity contribution is 5.93. The molecule has 2 aromatic carbocycles. The number of guanidine groups is 1. The van der Waals surface area contributed by atoms with E-state index in [0.29, 0.717) is 37.2 Å². The molecule has 7 heteroatoms. The lowest BCUT2D eigenvalue weighted by atomic mass is 10.1. The van der Waals surface area contributed by atoms with Crippen molar-refractivity contribution in [3.05, 3.63) is 88.3 Å². The number of aliphatic imine (C=N–C) groups is 1. The van der Waals surface area contributed by atoms with Gasteiger partial charge in [0.1, 0.15) is 0 Å². The summed E-state index contributed by atoms with van der Waals surface area (Å²) in [5.41, 5.74) is 3.02. The highest BCUT2D eigenvalue weighted by atomic mass is 16.5. The molecule has 3 rings (SSSR count). The Morgan fingerprint density at radius 3 is 2.48 bits per heavy atom. The third kappa shape index (κ3) is 6.12. The number of methoxy groups -OCH3 is 1. The van der Waals surface area contributed by atoms with Crippen LogP contribution >= 0.6 is 0 Å². The first-order chi connectivity index (χ1) is 15.1. The fourth-order valence-corrected chi connectivity index (χ4v) is 3.07. The molecule has 0 atom stereocenters. The molecule has 0 amide bonds. The highest BCUT2D eigenvalue weighted by Crippen LogP contribution is 2.30. The number of hydrogen-bond acceptors (Lipinski definition) is 4. The van der Waals surface area contributed by atoms with Gasteiger partial charge in [-0.1, -0.05) is 30.3 Å². The minimum absolute atomic E-state index is 0.00552. The Morgan fingerprint density at radius 1 is 1.03 bits per heavy atom. The summed E-state index contributed by atoms with van der Waals surface area (Å²) >= 11 is 0. The van der Waals surface area contributed by atoms with Crippen LogP contribution in [0.5, 0.6) is 11.5 Å². The molecule has 1 heterocycles. The average molecular weight is 421 g/mol. The summed E-state index contributed by atoms with van der Waals surface area (Å²) in [6, 6.07) is 19.0. The Kier molecular flexibility index (Phi) is 7.70. The van der Waals surface area contributed by atoms with Crippen molar-refractivity contribution in [2.24, 2.45) is 4.99 Å². The van der Waals surface area contributed by atoms with Crippen LogP contribution in [0.3, 0.4) is 0 Å². The van der Waals surface area contributed by atoms with E-state index in [0.717, 1.165) is 16.8 Å². The highest BCUT2D eigenvalue weighted by Gasteiger charge is 2.07. The van der Waals surface area contributed by atoms with Crippen molar-refractivity contribution >= 4 is 11.6 Å². The largest absolute Gasteiger partial charge is 0.493 e. The van der Waals surface area contributed by atoms with Gasteiger partial charge in [-0.25, -0.2) is 0 Å². The quantitative estimate of drug-likeness (QED) is 0.431. The second-order valence-corrected chi connectivity index (χ2v) is 6.83. The van der Waals surface area contributed by atoms with Gasteiger partial charge in [0, 0.05) is 37.6 Å². The Bertz CT molecular complexity index is 1070. The lowest BCUT2D eigenvalue weighted by Gasteiger charge is -2.15. The number of hydrogen-bond donors (Lipinski definition) is 2. The zero-order valence-corrected chi connectivity index (χ0v) is 18.1. The Morgan fingerprint density at radius 2 is 1.81 bits per heavy atom. The second kappa shape index (κ2) is 10.9. The van der Waals surface area contributed by atoms with Gasteiger partial charge in [0.05, 0.1) is 20.3 Å². The van der Waals surface area contributed by atoms with Gasteiger partial charge in [-0.2, -0.15) is 0 Å². The monoisotopic (exact) mass is 420 g/mol. The first-order valence-corrected chi connectivity index (χ1v) is 10.1. The maximum atomic E-state index is 11.9. The van der Waals surface area contributed by atoms with E-state index in [4.69, 9.17) is 9.47 Å². The molecule has 31 heavy (non-hydrogen) atoms. The standard InChI is InChI=1S/C24H28N4O3/c1-4-31-21-13-12-20(15-22(21)30-3)27-24(25-2)26-16-18-8-10-19(11-9-18)17-28-14-6-5-7-23(28)29/h5-15H,4,16-17H2,1-3H3,(H2,25,26,27). The molecule has 2 N–H and O–H groups in total. The zero-order chi connectivity index (χ0) is 22.1. The molecule has 0 fully saturated rings. The number of ether oxygens (including phenoxy) is 2. The molecule has 0 bridgehead atoms. The molecule has 0 aliphatic heterocycles. The van der Waals surface area contributed by atoms with Crippen LogP contribution in [0.4, 0.5) is 5.69 Å². The summed E-state index contributed by atoms with van der Waals surface area (Å²) in [4.78, 5) is 16.1. The van der Waals surface area contributed by atoms with Crippen LogP contribution in [0.1, 0.15) is 18.1 Å². The fourth-order valence-electron chi connectivity index (χ4n) is 3.07. The Labute approximate surface area is 182 Å². The minimum atomic E-state index is -0.00552. The lowest BCUT2D eigenvalue weighted by molar-refractivity contribution is 0.311.